The molecule has 0 bridgehead atoms. The van der Waals surface area contributed by atoms with Gasteiger partial charge in [0, 0.05) is 18.7 Å². The second kappa shape index (κ2) is 7.11. The van der Waals surface area contributed by atoms with E-state index in [1.54, 1.807) is 24.3 Å². The first-order valence-electron chi connectivity index (χ1n) is 6.34. The van der Waals surface area contributed by atoms with Crippen LogP contribution in [0.4, 0.5) is 5.69 Å². The molecule has 1 rings (SSSR count). The van der Waals surface area contributed by atoms with Crippen molar-refractivity contribution in [3.63, 3.8) is 0 Å². The number of nitrogens with one attached hydrogen (secondary N) is 1. The van der Waals surface area contributed by atoms with Crippen LogP contribution in [0.5, 0.6) is 5.75 Å². The molecule has 0 radical (unpaired) electrons. The van der Waals surface area contributed by atoms with E-state index in [0.29, 0.717) is 11.4 Å². The number of aliphatic hydroxyl groups is 1. The molecule has 1 amide bonds. The molecule has 0 aliphatic heterocycles. The van der Waals surface area contributed by atoms with Crippen molar-refractivity contribution in [2.24, 2.45) is 11.7 Å². The molecule has 19 heavy (non-hydrogen) atoms. The van der Waals surface area contributed by atoms with Gasteiger partial charge in [0.25, 0.3) is 0 Å². The number of amides is 1. The minimum atomic E-state index is -0.699. The summed E-state index contributed by atoms with van der Waals surface area (Å²) >= 11 is 0. The zero-order chi connectivity index (χ0) is 14.4. The van der Waals surface area contributed by atoms with Gasteiger partial charge in [0.05, 0.1) is 0 Å². The molecular formula is C14H22N2O3. The molecule has 0 saturated carbocycles. The number of carbonyl (C=O) groups excluding carboxylic acids is 1. The average molecular weight is 266 g/mol. The van der Waals surface area contributed by atoms with Crippen LogP contribution in [-0.4, -0.2) is 29.8 Å². The van der Waals surface area contributed by atoms with Crippen molar-refractivity contribution in [1.29, 1.82) is 0 Å². The summed E-state index contributed by atoms with van der Waals surface area (Å²) in [4.78, 5) is 10.9. The van der Waals surface area contributed by atoms with Gasteiger partial charge in [-0.05, 0) is 30.2 Å². The Labute approximate surface area is 113 Å². The zero-order valence-electron chi connectivity index (χ0n) is 11.6. The van der Waals surface area contributed by atoms with Crippen molar-refractivity contribution >= 4 is 11.6 Å². The van der Waals surface area contributed by atoms with Gasteiger partial charge in [0.15, 0.2) is 0 Å². The molecule has 0 fully saturated rings. The molecule has 2 atom stereocenters. The SMILES string of the molecule is CC(=O)Nc1ccc(OCC(O)C(N)C(C)C)cc1. The number of carbonyl (C=O) groups is 1. The Bertz CT molecular complexity index is 404. The third-order valence-corrected chi connectivity index (χ3v) is 2.81. The number of ether oxygens (including phenoxy) is 1. The number of anilines is 1. The number of rotatable bonds is 6. The van der Waals surface area contributed by atoms with Gasteiger partial charge in [-0.3, -0.25) is 4.79 Å². The molecule has 5 heteroatoms. The molecule has 0 spiro atoms. The highest BCUT2D eigenvalue weighted by Gasteiger charge is 2.18. The number of benzene rings is 1. The predicted molar refractivity (Wildman–Crippen MR) is 75.1 cm³/mol. The van der Waals surface area contributed by atoms with Gasteiger partial charge in [-0.15, -0.1) is 0 Å². The fraction of sp³-hybridized carbons (Fsp3) is 0.500. The highest BCUT2D eigenvalue weighted by atomic mass is 16.5. The lowest BCUT2D eigenvalue weighted by Gasteiger charge is -2.22. The van der Waals surface area contributed by atoms with Crippen molar-refractivity contribution in [3.05, 3.63) is 24.3 Å². The van der Waals surface area contributed by atoms with E-state index in [2.05, 4.69) is 5.32 Å². The molecular weight excluding hydrogens is 244 g/mol. The van der Waals surface area contributed by atoms with Crippen LogP contribution >= 0.6 is 0 Å². The van der Waals surface area contributed by atoms with Gasteiger partial charge in [0.2, 0.25) is 5.91 Å². The van der Waals surface area contributed by atoms with Gasteiger partial charge in [-0.1, -0.05) is 13.8 Å². The van der Waals surface area contributed by atoms with E-state index in [1.807, 2.05) is 13.8 Å². The molecule has 4 N–H and O–H groups in total. The maximum Gasteiger partial charge on any atom is 0.221 e. The van der Waals surface area contributed by atoms with E-state index >= 15 is 0 Å². The van der Waals surface area contributed by atoms with Gasteiger partial charge in [0.1, 0.15) is 18.5 Å². The molecule has 1 aromatic rings. The first-order chi connectivity index (χ1) is 8.90. The van der Waals surface area contributed by atoms with Crippen LogP contribution in [0.3, 0.4) is 0 Å². The number of aliphatic hydroxyl groups excluding tert-OH is 1. The van der Waals surface area contributed by atoms with Crippen molar-refractivity contribution in [2.75, 3.05) is 11.9 Å². The Kier molecular flexibility index (Phi) is 5.79. The standard InChI is InChI=1S/C14H22N2O3/c1-9(2)14(15)13(18)8-19-12-6-4-11(5-7-12)16-10(3)17/h4-7,9,13-14,18H,8,15H2,1-3H3,(H,16,17). The van der Waals surface area contributed by atoms with Gasteiger partial charge >= 0.3 is 0 Å². The van der Waals surface area contributed by atoms with E-state index in [4.69, 9.17) is 10.5 Å². The normalized spacial score (nSPS) is 14.0. The zero-order valence-corrected chi connectivity index (χ0v) is 11.6. The summed E-state index contributed by atoms with van der Waals surface area (Å²) in [5, 5.41) is 12.5. The molecule has 0 aromatic heterocycles. The van der Waals surface area contributed by atoms with Crippen LogP contribution in [0, 0.1) is 5.92 Å². The highest BCUT2D eigenvalue weighted by Crippen LogP contribution is 2.16. The Morgan fingerprint density at radius 1 is 1.37 bits per heavy atom. The summed E-state index contributed by atoms with van der Waals surface area (Å²) in [6.45, 7) is 5.51. The van der Waals surface area contributed by atoms with E-state index < -0.39 is 6.10 Å². The largest absolute Gasteiger partial charge is 0.491 e. The minimum Gasteiger partial charge on any atom is -0.491 e. The summed E-state index contributed by atoms with van der Waals surface area (Å²) in [5.41, 5.74) is 6.53. The predicted octanol–water partition coefficient (Wildman–Crippen LogP) is 1.37. The first kappa shape index (κ1) is 15.5. The minimum absolute atomic E-state index is 0.119. The summed E-state index contributed by atoms with van der Waals surface area (Å²) in [7, 11) is 0. The lowest BCUT2D eigenvalue weighted by molar-refractivity contribution is -0.114. The average Bonchev–Trinajstić information content (AvgIpc) is 2.35. The van der Waals surface area contributed by atoms with Gasteiger partial charge in [-0.25, -0.2) is 0 Å². The lowest BCUT2D eigenvalue weighted by Crippen LogP contribution is -2.42. The van der Waals surface area contributed by atoms with Crippen LogP contribution in [0.1, 0.15) is 20.8 Å². The van der Waals surface area contributed by atoms with E-state index in [-0.39, 0.29) is 24.5 Å². The van der Waals surface area contributed by atoms with Crippen LogP contribution in [0.25, 0.3) is 0 Å². The second-order valence-electron chi connectivity index (χ2n) is 4.91. The molecule has 106 valence electrons. The third-order valence-electron chi connectivity index (χ3n) is 2.81. The fourth-order valence-electron chi connectivity index (χ4n) is 1.57. The maximum absolute atomic E-state index is 10.9. The van der Waals surface area contributed by atoms with E-state index in [1.165, 1.54) is 6.92 Å². The Morgan fingerprint density at radius 3 is 2.42 bits per heavy atom. The summed E-state index contributed by atoms with van der Waals surface area (Å²) in [6.07, 6.45) is -0.699. The van der Waals surface area contributed by atoms with Crippen LogP contribution in [0.2, 0.25) is 0 Å². The van der Waals surface area contributed by atoms with Crippen LogP contribution < -0.4 is 15.8 Å². The Hall–Kier alpha value is -1.59. The first-order valence-corrected chi connectivity index (χ1v) is 6.34. The number of hydrogen-bond donors (Lipinski definition) is 3. The van der Waals surface area contributed by atoms with Crippen molar-refractivity contribution in [1.82, 2.24) is 0 Å². The Balaban J connectivity index is 2.47. The smallest absolute Gasteiger partial charge is 0.221 e. The fourth-order valence-corrected chi connectivity index (χ4v) is 1.57. The quantitative estimate of drug-likeness (QED) is 0.726. The van der Waals surface area contributed by atoms with Gasteiger partial charge in [-0.2, -0.15) is 0 Å². The topological polar surface area (TPSA) is 84.6 Å². The van der Waals surface area contributed by atoms with E-state index in [9.17, 15) is 9.90 Å². The molecule has 5 nitrogen and oxygen atoms in total. The third kappa shape index (κ3) is 5.28. The monoisotopic (exact) mass is 266 g/mol. The van der Waals surface area contributed by atoms with Crippen LogP contribution in [0.15, 0.2) is 24.3 Å². The number of nitrogens with two attached hydrogens (primary N) is 1. The van der Waals surface area contributed by atoms with Crippen molar-refractivity contribution < 1.29 is 14.6 Å². The van der Waals surface area contributed by atoms with Gasteiger partial charge < -0.3 is 20.9 Å². The molecule has 0 aliphatic rings. The highest BCUT2D eigenvalue weighted by molar-refractivity contribution is 5.88. The maximum atomic E-state index is 10.9. The van der Waals surface area contributed by atoms with Crippen molar-refractivity contribution in [3.8, 4) is 5.75 Å². The molecule has 2 unspecified atom stereocenters. The number of hydrogen-bond acceptors (Lipinski definition) is 4. The molecule has 0 heterocycles. The summed E-state index contributed by atoms with van der Waals surface area (Å²) < 4.78 is 5.46. The molecule has 0 saturated heterocycles. The lowest BCUT2D eigenvalue weighted by atomic mass is 10.0. The molecule has 1 aromatic carbocycles. The van der Waals surface area contributed by atoms with E-state index in [0.717, 1.165) is 0 Å². The van der Waals surface area contributed by atoms with Crippen LogP contribution in [-0.2, 0) is 4.79 Å². The Morgan fingerprint density at radius 2 is 1.95 bits per heavy atom. The summed E-state index contributed by atoms with van der Waals surface area (Å²) in [5.74, 6) is 0.705. The summed E-state index contributed by atoms with van der Waals surface area (Å²) in [6, 6.07) is 6.65. The van der Waals surface area contributed by atoms with Crippen molar-refractivity contribution in [2.45, 2.75) is 32.9 Å². The second-order valence-corrected chi connectivity index (χ2v) is 4.91. The molecule has 0 aliphatic carbocycles.